The highest BCUT2D eigenvalue weighted by Crippen LogP contribution is 2.52. The highest BCUT2D eigenvalue weighted by atomic mass is 16.5. The number of hydrogen-bond donors (Lipinski definition) is 0. The van der Waals surface area contributed by atoms with Crippen LogP contribution in [-0.2, 0) is 12.8 Å². The molecule has 224 valence electrons. The summed E-state index contributed by atoms with van der Waals surface area (Å²) in [6.45, 7) is 2.37. The number of benzene rings is 6. The van der Waals surface area contributed by atoms with Crippen molar-refractivity contribution in [1.29, 1.82) is 0 Å². The predicted molar refractivity (Wildman–Crippen MR) is 196 cm³/mol. The number of aryl methyl sites for hydroxylation is 3. The second-order valence-electron chi connectivity index (χ2n) is 13.6. The molecular formula is C42H32BN3O. The minimum atomic E-state index is 0.146. The first-order valence-electron chi connectivity index (χ1n) is 16.9. The van der Waals surface area contributed by atoms with Crippen molar-refractivity contribution in [2.75, 3.05) is 16.9 Å². The van der Waals surface area contributed by atoms with E-state index in [9.17, 15) is 0 Å². The van der Waals surface area contributed by atoms with Crippen molar-refractivity contribution < 1.29 is 4.74 Å². The third-order valence-electron chi connectivity index (χ3n) is 11.2. The smallest absolute Gasteiger partial charge is 0.275 e. The average molecular weight is 606 g/mol. The van der Waals surface area contributed by atoms with Crippen molar-refractivity contribution in [3.05, 3.63) is 126 Å². The van der Waals surface area contributed by atoms with Gasteiger partial charge in [0.15, 0.2) is 0 Å². The molecule has 0 unspecified atom stereocenters. The summed E-state index contributed by atoms with van der Waals surface area (Å²) >= 11 is 0. The van der Waals surface area contributed by atoms with Crippen LogP contribution in [0.1, 0.15) is 29.5 Å². The molecule has 0 N–H and O–H groups in total. The number of aromatic nitrogens is 1. The summed E-state index contributed by atoms with van der Waals surface area (Å²) in [7, 11) is 1.74. The molecule has 0 spiro atoms. The summed E-state index contributed by atoms with van der Waals surface area (Å²) in [4.78, 5) is 5.12. The largest absolute Gasteiger partial charge is 0.497 e. The van der Waals surface area contributed by atoms with E-state index in [0.29, 0.717) is 0 Å². The van der Waals surface area contributed by atoms with Crippen LogP contribution in [0, 0.1) is 6.92 Å². The summed E-state index contributed by atoms with van der Waals surface area (Å²) in [5.74, 6) is 0.866. The normalized spacial score (nSPS) is 15.0. The zero-order valence-corrected chi connectivity index (χ0v) is 26.5. The van der Waals surface area contributed by atoms with Crippen LogP contribution in [0.3, 0.4) is 0 Å². The van der Waals surface area contributed by atoms with Gasteiger partial charge in [0.1, 0.15) is 5.75 Å². The molecule has 4 heterocycles. The molecule has 1 aromatic heterocycles. The Balaban J connectivity index is 1.36. The molecule has 0 atom stereocenters. The molecule has 4 nitrogen and oxygen atoms in total. The van der Waals surface area contributed by atoms with Gasteiger partial charge in [0.05, 0.1) is 24.0 Å². The lowest BCUT2D eigenvalue weighted by Crippen LogP contribution is -2.59. The molecule has 1 aliphatic carbocycles. The van der Waals surface area contributed by atoms with Crippen molar-refractivity contribution in [2.24, 2.45) is 0 Å². The first kappa shape index (κ1) is 25.7. The first-order chi connectivity index (χ1) is 23.2. The van der Waals surface area contributed by atoms with Gasteiger partial charge in [-0.3, -0.25) is 0 Å². The molecule has 3 aliphatic heterocycles. The van der Waals surface area contributed by atoms with Crippen molar-refractivity contribution in [2.45, 2.75) is 32.6 Å². The predicted octanol–water partition coefficient (Wildman–Crippen LogP) is 8.38. The summed E-state index contributed by atoms with van der Waals surface area (Å²) in [6, 6.07) is 40.9. The van der Waals surface area contributed by atoms with Gasteiger partial charge >= 0.3 is 0 Å². The van der Waals surface area contributed by atoms with E-state index >= 15 is 0 Å². The van der Waals surface area contributed by atoms with Crippen molar-refractivity contribution in [1.82, 2.24) is 4.57 Å². The monoisotopic (exact) mass is 605 g/mol. The fourth-order valence-electron chi connectivity index (χ4n) is 9.30. The van der Waals surface area contributed by atoms with Crippen LogP contribution in [0.5, 0.6) is 5.75 Å². The fourth-order valence-corrected chi connectivity index (χ4v) is 9.30. The fraction of sp³-hybridized carbons (Fsp3) is 0.143. The second kappa shape index (κ2) is 9.10. The second-order valence-corrected chi connectivity index (χ2v) is 13.6. The van der Waals surface area contributed by atoms with Gasteiger partial charge < -0.3 is 19.1 Å². The van der Waals surface area contributed by atoms with Crippen LogP contribution < -0.4 is 31.1 Å². The molecule has 0 saturated heterocycles. The lowest BCUT2D eigenvalue weighted by molar-refractivity contribution is 0.415. The molecule has 0 radical (unpaired) electrons. The summed E-state index contributed by atoms with van der Waals surface area (Å²) in [6.07, 6.45) is 4.83. The quantitative estimate of drug-likeness (QED) is 0.189. The van der Waals surface area contributed by atoms with Gasteiger partial charge in [0.25, 0.3) is 6.71 Å². The van der Waals surface area contributed by atoms with E-state index in [1.54, 1.807) is 12.7 Å². The molecule has 6 aromatic carbocycles. The zero-order chi connectivity index (χ0) is 31.0. The lowest BCUT2D eigenvalue weighted by Gasteiger charge is -2.42. The van der Waals surface area contributed by atoms with E-state index < -0.39 is 0 Å². The molecule has 0 saturated carbocycles. The van der Waals surface area contributed by atoms with Crippen molar-refractivity contribution >= 4 is 79.0 Å². The third-order valence-corrected chi connectivity index (χ3v) is 11.2. The zero-order valence-electron chi connectivity index (χ0n) is 26.5. The Morgan fingerprint density at radius 2 is 1.45 bits per heavy atom. The number of anilines is 6. The average Bonchev–Trinajstić information content (AvgIpc) is 3.65. The highest BCUT2D eigenvalue weighted by Gasteiger charge is 2.52. The van der Waals surface area contributed by atoms with Crippen LogP contribution in [0.15, 0.2) is 109 Å². The Morgan fingerprint density at radius 1 is 0.638 bits per heavy atom. The molecular weight excluding hydrogens is 573 g/mol. The molecule has 0 bridgehead atoms. The van der Waals surface area contributed by atoms with Gasteiger partial charge in [-0.25, -0.2) is 0 Å². The van der Waals surface area contributed by atoms with Crippen LogP contribution in [0.4, 0.5) is 34.1 Å². The van der Waals surface area contributed by atoms with E-state index in [4.69, 9.17) is 4.74 Å². The molecule has 0 amide bonds. The maximum Gasteiger partial charge on any atom is 0.275 e. The van der Waals surface area contributed by atoms with E-state index in [2.05, 4.69) is 130 Å². The Hall–Kier alpha value is -5.42. The number of ether oxygens (including phenoxy) is 1. The van der Waals surface area contributed by atoms with Gasteiger partial charge in [-0.2, -0.15) is 0 Å². The maximum absolute atomic E-state index is 5.59. The molecule has 47 heavy (non-hydrogen) atoms. The SMILES string of the molecule is COc1ccc(N2c3cccc4c3B3c5c2cc2ccc(C)cc2c5N(c2ccccc2)c2c3n-4c3c4c(ccc23)CCCC4)cc1. The molecule has 7 aromatic rings. The number of nitrogens with zero attached hydrogens (tertiary/aromatic N) is 3. The Bertz CT molecular complexity index is 2480. The van der Waals surface area contributed by atoms with Crippen LogP contribution in [0.25, 0.3) is 27.4 Å². The summed E-state index contributed by atoms with van der Waals surface area (Å²) in [5, 5.41) is 3.93. The van der Waals surface area contributed by atoms with Gasteiger partial charge in [0, 0.05) is 44.8 Å². The van der Waals surface area contributed by atoms with Gasteiger partial charge in [-0.1, -0.05) is 54.1 Å². The third kappa shape index (κ3) is 3.19. The number of para-hydroxylation sites is 1. The van der Waals surface area contributed by atoms with Gasteiger partial charge in [0.2, 0.25) is 0 Å². The van der Waals surface area contributed by atoms with E-state index in [0.717, 1.165) is 17.9 Å². The van der Waals surface area contributed by atoms with E-state index in [1.807, 2.05) is 0 Å². The number of hydrogen-bond acceptors (Lipinski definition) is 3. The number of fused-ring (bicyclic) bond motifs is 8. The number of methoxy groups -OCH3 is 1. The van der Waals surface area contributed by atoms with Gasteiger partial charge in [-0.05, 0) is 121 Å². The Kier molecular flexibility index (Phi) is 4.99. The van der Waals surface area contributed by atoms with E-state index in [-0.39, 0.29) is 6.71 Å². The van der Waals surface area contributed by atoms with Crippen LogP contribution >= 0.6 is 0 Å². The van der Waals surface area contributed by atoms with Crippen LogP contribution in [-0.4, -0.2) is 18.4 Å². The van der Waals surface area contributed by atoms with E-state index in [1.165, 1.54) is 103 Å². The van der Waals surface area contributed by atoms with Crippen molar-refractivity contribution in [3.8, 4) is 11.4 Å². The lowest BCUT2D eigenvalue weighted by atomic mass is 9.36. The Morgan fingerprint density at radius 3 is 2.30 bits per heavy atom. The molecule has 4 aliphatic rings. The minimum absolute atomic E-state index is 0.146. The molecule has 5 heteroatoms. The number of rotatable bonds is 3. The van der Waals surface area contributed by atoms with Gasteiger partial charge in [-0.15, -0.1) is 0 Å². The molecule has 0 fully saturated rings. The standard InChI is InChI=1S/C42H32BN3O/c1-25-15-16-27-24-36-38-40(33(27)23-25)45(28-10-4-3-5-11-28)41-32-22-17-26-9-6-7-12-31(26)39(32)46-35-14-8-13-34(37(35)43(38)42(41)46)44(36)29-18-20-30(47-2)21-19-29/h3-5,8,10-11,13-24H,6-7,9,12H2,1-2H3. The first-order valence-corrected chi connectivity index (χ1v) is 16.9. The maximum atomic E-state index is 5.59. The van der Waals surface area contributed by atoms with Crippen LogP contribution in [0.2, 0.25) is 0 Å². The molecule has 11 rings (SSSR count). The summed E-state index contributed by atoms with van der Waals surface area (Å²) < 4.78 is 8.27. The summed E-state index contributed by atoms with van der Waals surface area (Å²) in [5.41, 5.74) is 18.8. The minimum Gasteiger partial charge on any atom is -0.497 e. The van der Waals surface area contributed by atoms with Crippen molar-refractivity contribution in [3.63, 3.8) is 0 Å². The topological polar surface area (TPSA) is 20.6 Å². The Labute approximate surface area is 274 Å². The highest BCUT2D eigenvalue weighted by molar-refractivity contribution is 7.02.